The third-order valence-corrected chi connectivity index (χ3v) is 6.31. The van der Waals surface area contributed by atoms with Gasteiger partial charge in [0.1, 0.15) is 28.8 Å². The number of para-hydroxylation sites is 2. The monoisotopic (exact) mass is 497 g/mol. The Balaban J connectivity index is 1.43. The molecule has 2 N–H and O–H groups in total. The van der Waals surface area contributed by atoms with Gasteiger partial charge >= 0.3 is 11.7 Å². The Morgan fingerprint density at radius 1 is 0.892 bits per heavy atom. The first-order valence-electron chi connectivity index (χ1n) is 11.6. The van der Waals surface area contributed by atoms with Gasteiger partial charge in [-0.3, -0.25) is 23.5 Å². The predicted octanol–water partition coefficient (Wildman–Crippen LogP) is 2.84. The molecule has 0 amide bonds. The van der Waals surface area contributed by atoms with Crippen LogP contribution in [0.15, 0.2) is 88.5 Å². The molecule has 186 valence electrons. The summed E-state index contributed by atoms with van der Waals surface area (Å²) in [5, 5.41) is 0. The molecular weight excluding hydrogens is 474 g/mol. The lowest BCUT2D eigenvalue weighted by atomic mass is 9.88. The lowest BCUT2D eigenvalue weighted by Crippen LogP contribution is -2.43. The van der Waals surface area contributed by atoms with Gasteiger partial charge in [-0.2, -0.15) is 0 Å². The van der Waals surface area contributed by atoms with Gasteiger partial charge in [0.05, 0.1) is 6.54 Å². The second-order valence-electron chi connectivity index (χ2n) is 8.62. The lowest BCUT2D eigenvalue weighted by molar-refractivity contribution is -0.143. The van der Waals surface area contributed by atoms with Crippen LogP contribution < -0.4 is 21.7 Å². The summed E-state index contributed by atoms with van der Waals surface area (Å²) < 4.78 is 13.3. The number of carbonyl (C=O) groups excluding carboxylic acids is 2. The molecule has 0 saturated carbocycles. The molecule has 1 aliphatic heterocycles. The van der Waals surface area contributed by atoms with Gasteiger partial charge in [-0.25, -0.2) is 4.79 Å². The molecule has 0 fully saturated rings. The van der Waals surface area contributed by atoms with E-state index in [9.17, 15) is 19.2 Å². The van der Waals surface area contributed by atoms with E-state index in [1.807, 2.05) is 6.07 Å². The van der Waals surface area contributed by atoms with Crippen LogP contribution in [0, 0.1) is 0 Å². The van der Waals surface area contributed by atoms with Gasteiger partial charge in [-0.15, -0.1) is 0 Å². The number of anilines is 1. The van der Waals surface area contributed by atoms with Crippen molar-refractivity contribution in [1.29, 1.82) is 0 Å². The number of ether oxygens (including phenoxy) is 2. The molecule has 5 rings (SSSR count). The normalized spacial score (nSPS) is 12.2. The molecule has 9 nitrogen and oxygen atoms in total. The van der Waals surface area contributed by atoms with Crippen molar-refractivity contribution in [1.82, 2.24) is 9.13 Å². The minimum Gasteiger partial charge on any atom is -0.457 e. The van der Waals surface area contributed by atoms with Crippen molar-refractivity contribution in [2.45, 2.75) is 12.5 Å². The Morgan fingerprint density at radius 2 is 1.46 bits per heavy atom. The van der Waals surface area contributed by atoms with E-state index in [4.69, 9.17) is 15.2 Å². The molecule has 0 atom stereocenters. The topological polar surface area (TPSA) is 123 Å². The first-order valence-corrected chi connectivity index (χ1v) is 11.6. The average molecular weight is 498 g/mol. The molecule has 0 radical (unpaired) electrons. The second kappa shape index (κ2) is 9.62. The van der Waals surface area contributed by atoms with E-state index in [2.05, 4.69) is 0 Å². The van der Waals surface area contributed by atoms with Crippen molar-refractivity contribution in [2.75, 3.05) is 12.3 Å². The van der Waals surface area contributed by atoms with E-state index in [1.165, 1.54) is 7.05 Å². The van der Waals surface area contributed by atoms with Crippen LogP contribution in [0.4, 0.5) is 5.82 Å². The fourth-order valence-corrected chi connectivity index (χ4v) is 4.42. The molecule has 4 aromatic rings. The van der Waals surface area contributed by atoms with E-state index >= 15 is 0 Å². The van der Waals surface area contributed by atoms with Gasteiger partial charge in [0.15, 0.2) is 6.61 Å². The van der Waals surface area contributed by atoms with Crippen molar-refractivity contribution in [3.63, 3.8) is 0 Å². The first kappa shape index (κ1) is 23.8. The number of ketones is 1. The molecule has 9 heteroatoms. The summed E-state index contributed by atoms with van der Waals surface area (Å²) >= 11 is 0. The molecule has 3 aromatic carbocycles. The molecule has 1 aromatic heterocycles. The average Bonchev–Trinajstić information content (AvgIpc) is 2.92. The summed E-state index contributed by atoms with van der Waals surface area (Å²) in [4.78, 5) is 51.9. The number of aromatic nitrogens is 2. The minimum absolute atomic E-state index is 0.0648. The highest BCUT2D eigenvalue weighted by molar-refractivity contribution is 6.01. The van der Waals surface area contributed by atoms with Gasteiger partial charge in [-0.05, 0) is 17.7 Å². The maximum atomic E-state index is 13.3. The van der Waals surface area contributed by atoms with E-state index in [1.54, 1.807) is 72.8 Å². The minimum atomic E-state index is -0.852. The highest BCUT2D eigenvalue weighted by atomic mass is 16.5. The smallest absolute Gasteiger partial charge is 0.332 e. The van der Waals surface area contributed by atoms with Crippen molar-refractivity contribution in [3.05, 3.63) is 122 Å². The number of nitrogens with zero attached hydrogens (tertiary/aromatic N) is 2. The molecule has 1 aliphatic rings. The molecule has 37 heavy (non-hydrogen) atoms. The number of fused-ring (bicyclic) bond motifs is 2. The quantitative estimate of drug-likeness (QED) is 0.321. The van der Waals surface area contributed by atoms with Gasteiger partial charge in [-0.1, -0.05) is 66.7 Å². The number of nitrogens with two attached hydrogens (primary N) is 1. The molecule has 2 heterocycles. The van der Waals surface area contributed by atoms with Crippen LogP contribution in [0.3, 0.4) is 0 Å². The predicted molar refractivity (Wildman–Crippen MR) is 136 cm³/mol. The van der Waals surface area contributed by atoms with E-state index < -0.39 is 41.1 Å². The number of Topliss-reactive ketones (excluding diaryl/α,β-unsaturated/α-hetero) is 1. The summed E-state index contributed by atoms with van der Waals surface area (Å²) in [5.74, 6) is -1.55. The number of nitrogen functional groups attached to an aromatic ring is 1. The zero-order valence-electron chi connectivity index (χ0n) is 19.9. The van der Waals surface area contributed by atoms with Crippen molar-refractivity contribution < 1.29 is 19.1 Å². The van der Waals surface area contributed by atoms with Gasteiger partial charge < -0.3 is 15.2 Å². The number of hydrogen-bond acceptors (Lipinski definition) is 7. The highest BCUT2D eigenvalue weighted by Gasteiger charge is 2.34. The lowest BCUT2D eigenvalue weighted by Gasteiger charge is -2.26. The van der Waals surface area contributed by atoms with Gasteiger partial charge in [0.25, 0.3) is 5.56 Å². The standard InChI is InChI=1S/C28H23N3O6/c1-30-26(33)24(25(29)31(28(30)35)15-17-9-3-2-4-10-17)20(32)16-36-27(34)23-18-11-5-7-13-21(18)37-22-14-8-6-12-19(22)23/h2-14,23H,15-16,29H2,1H3. The van der Waals surface area contributed by atoms with Crippen LogP contribution in [-0.4, -0.2) is 27.5 Å². The highest BCUT2D eigenvalue weighted by Crippen LogP contribution is 2.44. The van der Waals surface area contributed by atoms with E-state index in [0.717, 1.165) is 14.7 Å². The van der Waals surface area contributed by atoms with Crippen LogP contribution >= 0.6 is 0 Å². The molecule has 0 unspecified atom stereocenters. The zero-order valence-corrected chi connectivity index (χ0v) is 19.9. The number of esters is 1. The van der Waals surface area contributed by atoms with Crippen molar-refractivity contribution in [3.8, 4) is 11.5 Å². The number of carbonyl (C=O) groups is 2. The Bertz CT molecular complexity index is 1590. The summed E-state index contributed by atoms with van der Waals surface area (Å²) in [6.45, 7) is -0.654. The largest absolute Gasteiger partial charge is 0.457 e. The van der Waals surface area contributed by atoms with Crippen molar-refractivity contribution >= 4 is 17.6 Å². The SMILES string of the molecule is Cn1c(=O)c(C(=O)COC(=O)C2c3ccccc3Oc3ccccc32)c(N)n(Cc2ccccc2)c1=O. The number of hydrogen-bond donors (Lipinski definition) is 1. The fourth-order valence-electron chi connectivity index (χ4n) is 4.42. The summed E-state index contributed by atoms with van der Waals surface area (Å²) in [7, 11) is 1.27. The Hall–Kier alpha value is -4.92. The molecule has 0 bridgehead atoms. The van der Waals surface area contributed by atoms with Crippen LogP contribution in [0.25, 0.3) is 0 Å². The van der Waals surface area contributed by atoms with Crippen LogP contribution in [0.5, 0.6) is 11.5 Å². The molecule has 0 aliphatic carbocycles. The Kier molecular flexibility index (Phi) is 6.19. The van der Waals surface area contributed by atoms with E-state index in [-0.39, 0.29) is 12.4 Å². The molecule has 0 spiro atoms. The fraction of sp³-hybridized carbons (Fsp3) is 0.143. The van der Waals surface area contributed by atoms with Crippen molar-refractivity contribution in [2.24, 2.45) is 7.05 Å². The maximum Gasteiger partial charge on any atom is 0.332 e. The summed E-state index contributed by atoms with van der Waals surface area (Å²) in [6, 6.07) is 23.2. The van der Waals surface area contributed by atoms with Gasteiger partial charge in [0.2, 0.25) is 5.78 Å². The van der Waals surface area contributed by atoms with Crippen LogP contribution in [0.2, 0.25) is 0 Å². The Labute approximate surface area is 211 Å². The van der Waals surface area contributed by atoms with E-state index in [0.29, 0.717) is 22.6 Å². The molecular formula is C28H23N3O6. The van der Waals surface area contributed by atoms with Gasteiger partial charge in [0, 0.05) is 18.2 Å². The first-order chi connectivity index (χ1) is 17.9. The zero-order chi connectivity index (χ0) is 26.1. The number of rotatable bonds is 6. The third kappa shape index (κ3) is 4.31. The summed E-state index contributed by atoms with van der Waals surface area (Å²) in [5.41, 5.74) is 6.20. The summed E-state index contributed by atoms with van der Waals surface area (Å²) in [6.07, 6.45) is 0. The third-order valence-electron chi connectivity index (χ3n) is 6.31. The van der Waals surface area contributed by atoms with Crippen LogP contribution in [0.1, 0.15) is 33.0 Å². The number of benzene rings is 3. The second-order valence-corrected chi connectivity index (χ2v) is 8.62. The molecule has 0 saturated heterocycles. The Morgan fingerprint density at radius 3 is 2.08 bits per heavy atom. The maximum absolute atomic E-state index is 13.3. The van der Waals surface area contributed by atoms with Crippen LogP contribution in [-0.2, 0) is 23.1 Å².